The van der Waals surface area contributed by atoms with Crippen molar-refractivity contribution in [3.8, 4) is 0 Å². The molecular weight excluding hydrogens is 463 g/mol. The van der Waals surface area contributed by atoms with Crippen molar-refractivity contribution in [1.82, 2.24) is 15.5 Å². The number of hydrogen-bond donors (Lipinski definition) is 2. The fourth-order valence-corrected chi connectivity index (χ4v) is 3.07. The SMILES string of the molecule is CCNC(=NCCC1CCCN(C(=O)OC(C)(C)C)C1)NCCSC.I. The van der Waals surface area contributed by atoms with Crippen molar-refractivity contribution in [3.05, 3.63) is 0 Å². The Morgan fingerprint density at radius 3 is 2.69 bits per heavy atom. The first kappa shape index (κ1) is 25.6. The number of amides is 1. The van der Waals surface area contributed by atoms with Gasteiger partial charge in [-0.25, -0.2) is 4.79 Å². The molecule has 1 unspecified atom stereocenters. The maximum Gasteiger partial charge on any atom is 0.410 e. The van der Waals surface area contributed by atoms with E-state index in [1.165, 1.54) is 0 Å². The molecule has 1 atom stereocenters. The van der Waals surface area contributed by atoms with Gasteiger partial charge in [0.15, 0.2) is 5.96 Å². The zero-order chi connectivity index (χ0) is 18.7. The van der Waals surface area contributed by atoms with E-state index in [4.69, 9.17) is 4.74 Å². The average molecular weight is 500 g/mol. The first-order chi connectivity index (χ1) is 11.9. The minimum Gasteiger partial charge on any atom is -0.444 e. The molecule has 1 aliphatic rings. The van der Waals surface area contributed by atoms with E-state index >= 15 is 0 Å². The zero-order valence-corrected chi connectivity index (χ0v) is 20.1. The number of carbonyl (C=O) groups excluding carboxylic acids is 1. The quantitative estimate of drug-likeness (QED) is 0.242. The molecule has 0 aliphatic carbocycles. The van der Waals surface area contributed by atoms with E-state index in [-0.39, 0.29) is 30.1 Å². The molecule has 6 nitrogen and oxygen atoms in total. The lowest BCUT2D eigenvalue weighted by atomic mass is 9.95. The molecule has 0 aromatic carbocycles. The maximum absolute atomic E-state index is 12.2. The second-order valence-corrected chi connectivity index (χ2v) is 8.39. The van der Waals surface area contributed by atoms with E-state index in [9.17, 15) is 4.79 Å². The third-order valence-electron chi connectivity index (χ3n) is 3.92. The Hall–Kier alpha value is -0.380. The van der Waals surface area contributed by atoms with Gasteiger partial charge < -0.3 is 20.3 Å². The summed E-state index contributed by atoms with van der Waals surface area (Å²) in [5.41, 5.74) is -0.433. The van der Waals surface area contributed by atoms with Crippen LogP contribution in [0.2, 0.25) is 0 Å². The zero-order valence-electron chi connectivity index (χ0n) is 17.0. The lowest BCUT2D eigenvalue weighted by molar-refractivity contribution is 0.0163. The number of piperidine rings is 1. The number of nitrogens with one attached hydrogen (secondary N) is 2. The van der Waals surface area contributed by atoms with Gasteiger partial charge >= 0.3 is 6.09 Å². The molecule has 1 saturated heterocycles. The van der Waals surface area contributed by atoms with Crippen LogP contribution >= 0.6 is 35.7 Å². The predicted octanol–water partition coefficient (Wildman–Crippen LogP) is 3.56. The maximum atomic E-state index is 12.2. The molecule has 0 radical (unpaired) electrons. The van der Waals surface area contributed by atoms with E-state index in [0.29, 0.717) is 5.92 Å². The number of hydrogen-bond acceptors (Lipinski definition) is 4. The molecule has 1 heterocycles. The minimum absolute atomic E-state index is 0. The average Bonchev–Trinajstić information content (AvgIpc) is 2.54. The molecule has 0 aromatic heterocycles. The lowest BCUT2D eigenvalue weighted by Crippen LogP contribution is -2.43. The van der Waals surface area contributed by atoms with Gasteiger partial charge in [0.25, 0.3) is 0 Å². The summed E-state index contributed by atoms with van der Waals surface area (Å²) in [5, 5.41) is 6.62. The smallest absolute Gasteiger partial charge is 0.410 e. The van der Waals surface area contributed by atoms with Gasteiger partial charge in [-0.2, -0.15) is 11.8 Å². The van der Waals surface area contributed by atoms with E-state index in [1.807, 2.05) is 37.4 Å². The topological polar surface area (TPSA) is 66.0 Å². The van der Waals surface area contributed by atoms with Crippen molar-refractivity contribution in [1.29, 1.82) is 0 Å². The summed E-state index contributed by atoms with van der Waals surface area (Å²) in [7, 11) is 0. The van der Waals surface area contributed by atoms with Crippen molar-refractivity contribution in [2.24, 2.45) is 10.9 Å². The molecular formula is C18H37IN4O2S. The molecule has 0 aromatic rings. The normalized spacial score (nSPS) is 18.1. The van der Waals surface area contributed by atoms with Gasteiger partial charge in [-0.15, -0.1) is 24.0 Å². The molecule has 26 heavy (non-hydrogen) atoms. The second-order valence-electron chi connectivity index (χ2n) is 7.40. The standard InChI is InChI=1S/C18H36N4O2S.HI/c1-6-19-16(21-11-13-25-5)20-10-9-15-8-7-12-22(14-15)17(23)24-18(2,3)4;/h15H,6-14H2,1-5H3,(H2,19,20,21);1H. The number of guanidine groups is 1. The van der Waals surface area contributed by atoms with Crippen LogP contribution in [0.15, 0.2) is 4.99 Å². The third kappa shape index (κ3) is 11.4. The lowest BCUT2D eigenvalue weighted by Gasteiger charge is -2.34. The van der Waals surface area contributed by atoms with Crippen LogP contribution in [0.1, 0.15) is 47.0 Å². The number of halogens is 1. The van der Waals surface area contributed by atoms with Crippen LogP contribution < -0.4 is 10.6 Å². The Morgan fingerprint density at radius 2 is 2.08 bits per heavy atom. The van der Waals surface area contributed by atoms with E-state index in [1.54, 1.807) is 0 Å². The van der Waals surface area contributed by atoms with Crippen LogP contribution in [0, 0.1) is 5.92 Å². The van der Waals surface area contributed by atoms with Crippen LogP contribution in [-0.4, -0.2) is 67.3 Å². The summed E-state index contributed by atoms with van der Waals surface area (Å²) in [6.45, 7) is 11.9. The monoisotopic (exact) mass is 500 g/mol. The molecule has 0 spiro atoms. The van der Waals surface area contributed by atoms with Gasteiger partial charge in [-0.3, -0.25) is 4.99 Å². The summed E-state index contributed by atoms with van der Waals surface area (Å²) in [5.74, 6) is 2.45. The Kier molecular flexibility index (Phi) is 13.5. The summed E-state index contributed by atoms with van der Waals surface area (Å²) in [6, 6.07) is 0. The highest BCUT2D eigenvalue weighted by molar-refractivity contribution is 14.0. The Bertz CT molecular complexity index is 430. The summed E-state index contributed by atoms with van der Waals surface area (Å²) < 4.78 is 5.49. The highest BCUT2D eigenvalue weighted by Crippen LogP contribution is 2.21. The molecule has 1 fully saturated rings. The molecule has 1 amide bonds. The van der Waals surface area contributed by atoms with Crippen molar-refractivity contribution in [2.45, 2.75) is 52.6 Å². The van der Waals surface area contributed by atoms with Gasteiger partial charge in [0.1, 0.15) is 5.60 Å². The Balaban J connectivity index is 0.00000625. The van der Waals surface area contributed by atoms with Crippen molar-refractivity contribution < 1.29 is 9.53 Å². The van der Waals surface area contributed by atoms with Gasteiger partial charge in [0.05, 0.1) is 0 Å². The summed E-state index contributed by atoms with van der Waals surface area (Å²) >= 11 is 1.82. The van der Waals surface area contributed by atoms with Crippen LogP contribution in [-0.2, 0) is 4.74 Å². The van der Waals surface area contributed by atoms with Gasteiger partial charge in [-0.05, 0) is 59.1 Å². The van der Waals surface area contributed by atoms with Crippen LogP contribution in [0.25, 0.3) is 0 Å². The van der Waals surface area contributed by atoms with Crippen molar-refractivity contribution in [3.63, 3.8) is 0 Å². The number of carbonyl (C=O) groups is 1. The van der Waals surface area contributed by atoms with Crippen LogP contribution in [0.3, 0.4) is 0 Å². The summed E-state index contributed by atoms with van der Waals surface area (Å²) in [4.78, 5) is 18.7. The number of likely N-dealkylation sites (tertiary alicyclic amines) is 1. The van der Waals surface area contributed by atoms with Gasteiger partial charge in [0.2, 0.25) is 0 Å². The van der Waals surface area contributed by atoms with E-state index < -0.39 is 5.60 Å². The molecule has 2 N–H and O–H groups in total. The predicted molar refractivity (Wildman–Crippen MR) is 123 cm³/mol. The van der Waals surface area contributed by atoms with Crippen molar-refractivity contribution >= 4 is 47.8 Å². The number of nitrogens with zero attached hydrogens (tertiary/aromatic N) is 2. The number of rotatable bonds is 7. The second kappa shape index (κ2) is 13.7. The van der Waals surface area contributed by atoms with Gasteiger partial charge in [-0.1, -0.05) is 0 Å². The van der Waals surface area contributed by atoms with Crippen molar-refractivity contribution in [2.75, 3.05) is 44.7 Å². The Morgan fingerprint density at radius 1 is 1.35 bits per heavy atom. The molecule has 8 heteroatoms. The Labute approximate surface area is 180 Å². The van der Waals surface area contributed by atoms with Crippen LogP contribution in [0.4, 0.5) is 4.79 Å². The largest absolute Gasteiger partial charge is 0.444 e. The third-order valence-corrected chi connectivity index (χ3v) is 4.53. The van der Waals surface area contributed by atoms with Gasteiger partial charge in [0, 0.05) is 38.5 Å². The summed E-state index contributed by atoms with van der Waals surface area (Å²) in [6.07, 6.45) is 5.11. The minimum atomic E-state index is -0.433. The van der Waals surface area contributed by atoms with E-state index in [0.717, 1.165) is 63.7 Å². The highest BCUT2D eigenvalue weighted by atomic mass is 127. The fraction of sp³-hybridized carbons (Fsp3) is 0.889. The number of aliphatic imine (C=N–C) groups is 1. The first-order valence-electron chi connectivity index (χ1n) is 9.34. The molecule has 154 valence electrons. The van der Waals surface area contributed by atoms with E-state index in [2.05, 4.69) is 28.8 Å². The molecule has 0 bridgehead atoms. The van der Waals surface area contributed by atoms with Crippen LogP contribution in [0.5, 0.6) is 0 Å². The number of thioether (sulfide) groups is 1. The molecule has 1 aliphatic heterocycles. The number of ether oxygens (including phenoxy) is 1. The first-order valence-corrected chi connectivity index (χ1v) is 10.7. The molecule has 1 rings (SSSR count). The fourth-order valence-electron chi connectivity index (χ4n) is 2.77. The highest BCUT2D eigenvalue weighted by Gasteiger charge is 2.27. The molecule has 0 saturated carbocycles.